The molecule has 1 fully saturated rings. The molecule has 0 aromatic heterocycles. The number of benzene rings is 1. The van der Waals surface area contributed by atoms with Gasteiger partial charge in [-0.05, 0) is 37.3 Å². The summed E-state index contributed by atoms with van der Waals surface area (Å²) in [5.41, 5.74) is 4.66. The Morgan fingerprint density at radius 3 is 2.92 bits per heavy atom. The molecule has 2 heterocycles. The molecule has 1 unspecified atom stereocenters. The number of hydrogen-bond donors (Lipinski definition) is 2. The molecule has 0 amide bonds. The molecule has 1 atom stereocenters. The minimum atomic E-state index is -0.658. The number of aliphatic carboxylic acids is 1. The van der Waals surface area contributed by atoms with E-state index in [4.69, 9.17) is 5.11 Å². The van der Waals surface area contributed by atoms with Crippen LogP contribution in [0, 0.1) is 24.7 Å². The van der Waals surface area contributed by atoms with Crippen LogP contribution < -0.4 is 5.32 Å². The minimum absolute atomic E-state index is 0.158. The number of carboxylic acid groups (broad SMARTS) is 1. The monoisotopic (exact) mass is 349 g/mol. The van der Waals surface area contributed by atoms with E-state index in [0.29, 0.717) is 6.04 Å². The van der Waals surface area contributed by atoms with Crippen LogP contribution in [0.5, 0.6) is 0 Å². The van der Waals surface area contributed by atoms with Gasteiger partial charge in [-0.3, -0.25) is 14.7 Å². The summed E-state index contributed by atoms with van der Waals surface area (Å²) in [6.07, 6.45) is 4.24. The first-order valence-corrected chi connectivity index (χ1v) is 9.16. The number of hydrogen-bond acceptors (Lipinski definition) is 4. The van der Waals surface area contributed by atoms with Crippen LogP contribution in [-0.4, -0.2) is 47.5 Å². The van der Waals surface area contributed by atoms with Gasteiger partial charge in [-0.2, -0.15) is 0 Å². The van der Waals surface area contributed by atoms with E-state index in [0.717, 1.165) is 37.9 Å². The van der Waals surface area contributed by atoms with Gasteiger partial charge in [0.1, 0.15) is 0 Å². The molecule has 1 aromatic carbocycles. The van der Waals surface area contributed by atoms with Crippen LogP contribution in [0.4, 0.5) is 0 Å². The number of aryl methyl sites for hydroxylation is 1. The average Bonchev–Trinajstić information content (AvgIpc) is 2.59. The van der Waals surface area contributed by atoms with Crippen molar-refractivity contribution in [1.82, 2.24) is 10.2 Å². The lowest BCUT2D eigenvalue weighted by molar-refractivity contribution is -0.147. The number of carbonyl (C=O) groups is 1. The second-order valence-corrected chi connectivity index (χ2v) is 7.29. The van der Waals surface area contributed by atoms with E-state index in [9.17, 15) is 4.79 Å². The highest BCUT2D eigenvalue weighted by Gasteiger charge is 2.39. The molecule has 1 saturated carbocycles. The first-order valence-electron chi connectivity index (χ1n) is 9.16. The van der Waals surface area contributed by atoms with Crippen LogP contribution in [-0.2, 0) is 4.79 Å². The second kappa shape index (κ2) is 6.97. The van der Waals surface area contributed by atoms with Crippen LogP contribution in [0.15, 0.2) is 40.5 Å². The van der Waals surface area contributed by atoms with Gasteiger partial charge in [-0.15, -0.1) is 0 Å². The fourth-order valence-electron chi connectivity index (χ4n) is 3.79. The number of rotatable bonds is 2. The first kappa shape index (κ1) is 16.9. The van der Waals surface area contributed by atoms with Crippen molar-refractivity contribution < 1.29 is 9.90 Å². The van der Waals surface area contributed by atoms with Crippen molar-refractivity contribution in [3.63, 3.8) is 0 Å². The van der Waals surface area contributed by atoms with Crippen molar-refractivity contribution in [3.8, 4) is 11.8 Å². The number of nitrogens with zero attached hydrogens (tertiary/aromatic N) is 2. The second-order valence-electron chi connectivity index (χ2n) is 7.29. The summed E-state index contributed by atoms with van der Waals surface area (Å²) in [4.78, 5) is 17.9. The van der Waals surface area contributed by atoms with Gasteiger partial charge < -0.3 is 10.4 Å². The Morgan fingerprint density at radius 1 is 1.35 bits per heavy atom. The highest BCUT2D eigenvalue weighted by molar-refractivity contribution is 5.82. The van der Waals surface area contributed by atoms with E-state index in [1.165, 1.54) is 16.8 Å². The zero-order valence-electron chi connectivity index (χ0n) is 14.9. The Hall–Kier alpha value is -2.58. The third kappa shape index (κ3) is 3.38. The molecule has 3 aliphatic rings. The molecular weight excluding hydrogens is 326 g/mol. The Kier molecular flexibility index (Phi) is 4.52. The molecule has 1 aliphatic carbocycles. The number of nitrogens with one attached hydrogen (secondary N) is 1. The van der Waals surface area contributed by atoms with Gasteiger partial charge in [-0.25, -0.2) is 0 Å². The largest absolute Gasteiger partial charge is 0.481 e. The van der Waals surface area contributed by atoms with Crippen molar-refractivity contribution in [1.29, 1.82) is 0 Å². The highest BCUT2D eigenvalue weighted by atomic mass is 16.4. The van der Waals surface area contributed by atoms with Crippen LogP contribution in [0.2, 0.25) is 0 Å². The van der Waals surface area contributed by atoms with Crippen molar-refractivity contribution in [2.75, 3.05) is 13.1 Å². The third-order valence-electron chi connectivity index (χ3n) is 5.57. The number of aliphatic imine (C=N–C) groups is 1. The summed E-state index contributed by atoms with van der Waals surface area (Å²) in [5, 5.41) is 12.5. The fraction of sp³-hybridized carbons (Fsp3) is 0.429. The number of carboxylic acids is 1. The molecular formula is C21H23N3O2. The Balaban J connectivity index is 1.37. The molecule has 1 aromatic rings. The first-order chi connectivity index (χ1) is 12.6. The summed E-state index contributed by atoms with van der Waals surface area (Å²) in [6.45, 7) is 3.88. The molecule has 0 bridgehead atoms. The van der Waals surface area contributed by atoms with Gasteiger partial charge >= 0.3 is 5.97 Å². The fourth-order valence-corrected chi connectivity index (χ4v) is 3.79. The van der Waals surface area contributed by atoms with Crippen molar-refractivity contribution in [2.45, 2.75) is 38.4 Å². The third-order valence-corrected chi connectivity index (χ3v) is 5.57. The van der Waals surface area contributed by atoms with Crippen LogP contribution in [0.25, 0.3) is 0 Å². The smallest absolute Gasteiger partial charge is 0.306 e. The molecule has 5 nitrogen and oxygen atoms in total. The zero-order valence-corrected chi connectivity index (χ0v) is 14.9. The van der Waals surface area contributed by atoms with E-state index >= 15 is 0 Å². The topological polar surface area (TPSA) is 64.9 Å². The summed E-state index contributed by atoms with van der Waals surface area (Å²) in [7, 11) is 0. The molecule has 2 N–H and O–H groups in total. The summed E-state index contributed by atoms with van der Waals surface area (Å²) >= 11 is 0. The molecule has 0 spiro atoms. The maximum atomic E-state index is 11.0. The Labute approximate surface area is 153 Å². The molecule has 5 heteroatoms. The van der Waals surface area contributed by atoms with Crippen LogP contribution >= 0.6 is 0 Å². The van der Waals surface area contributed by atoms with Crippen LogP contribution in [0.1, 0.15) is 30.4 Å². The normalized spacial score (nSPS) is 27.7. The van der Waals surface area contributed by atoms with Gasteiger partial charge in [0, 0.05) is 48.6 Å². The molecule has 0 radical (unpaired) electrons. The zero-order chi connectivity index (χ0) is 18.1. The van der Waals surface area contributed by atoms with E-state index in [2.05, 4.69) is 40.0 Å². The molecule has 134 valence electrons. The quantitative estimate of drug-likeness (QED) is 0.803. The highest BCUT2D eigenvalue weighted by Crippen LogP contribution is 2.34. The molecule has 4 rings (SSSR count). The summed E-state index contributed by atoms with van der Waals surface area (Å²) in [5.74, 6) is 5.62. The maximum Gasteiger partial charge on any atom is 0.306 e. The van der Waals surface area contributed by atoms with Crippen molar-refractivity contribution >= 4 is 12.2 Å². The average molecular weight is 349 g/mol. The Morgan fingerprint density at radius 2 is 2.15 bits per heavy atom. The standard InChI is InChI=1S/C21H23N3O2/c1-14-4-2-3-5-15(14)6-7-20-22-12-17-13-24(9-8-19(17)23-20)18-10-16(11-18)21(25)26/h2-5,12,16,18,20,23H,8-11,13H2,1H3,(H,25,26). The van der Waals surface area contributed by atoms with E-state index < -0.39 is 5.97 Å². The molecule has 26 heavy (non-hydrogen) atoms. The van der Waals surface area contributed by atoms with Gasteiger partial charge in [0.05, 0.1) is 5.92 Å². The lowest BCUT2D eigenvalue weighted by Crippen LogP contribution is -2.51. The lowest BCUT2D eigenvalue weighted by atomic mass is 9.78. The Bertz CT molecular complexity index is 840. The predicted molar refractivity (Wildman–Crippen MR) is 101 cm³/mol. The van der Waals surface area contributed by atoms with Crippen molar-refractivity contribution in [2.24, 2.45) is 10.9 Å². The van der Waals surface area contributed by atoms with E-state index in [1.54, 1.807) is 0 Å². The van der Waals surface area contributed by atoms with E-state index in [-0.39, 0.29) is 12.1 Å². The summed E-state index contributed by atoms with van der Waals surface area (Å²) in [6, 6.07) is 8.51. The summed E-state index contributed by atoms with van der Waals surface area (Å²) < 4.78 is 0. The van der Waals surface area contributed by atoms with Gasteiger partial charge in [-0.1, -0.05) is 24.1 Å². The van der Waals surface area contributed by atoms with Gasteiger partial charge in [0.25, 0.3) is 0 Å². The maximum absolute atomic E-state index is 11.0. The van der Waals surface area contributed by atoms with Crippen molar-refractivity contribution in [3.05, 3.63) is 46.7 Å². The van der Waals surface area contributed by atoms with Crippen LogP contribution in [0.3, 0.4) is 0 Å². The van der Waals surface area contributed by atoms with Gasteiger partial charge in [0.15, 0.2) is 6.17 Å². The minimum Gasteiger partial charge on any atom is -0.481 e. The van der Waals surface area contributed by atoms with Gasteiger partial charge in [0.2, 0.25) is 0 Å². The SMILES string of the molecule is Cc1ccccc1C#CC1N=CC2=C(CCN(C3CC(C(=O)O)C3)C2)N1. The molecule has 0 saturated heterocycles. The lowest BCUT2D eigenvalue weighted by Gasteiger charge is -2.44. The van der Waals surface area contributed by atoms with E-state index in [1.807, 2.05) is 24.4 Å². The molecule has 2 aliphatic heterocycles. The predicted octanol–water partition coefficient (Wildman–Crippen LogP) is 2.17.